The van der Waals surface area contributed by atoms with Crippen molar-refractivity contribution in [2.75, 3.05) is 4.90 Å². The topological polar surface area (TPSA) is 20.3 Å². The molecule has 1 saturated heterocycles. The monoisotopic (exact) mass is 421 g/mol. The minimum absolute atomic E-state index is 0.155. The average molecular weight is 422 g/mol. The fourth-order valence-electron chi connectivity index (χ4n) is 2.66. The second-order valence-electron chi connectivity index (χ2n) is 5.92. The van der Waals surface area contributed by atoms with Gasteiger partial charge in [0.25, 0.3) is 5.91 Å². The zero-order valence-electron chi connectivity index (χ0n) is 14.2. The van der Waals surface area contributed by atoms with Crippen LogP contribution in [-0.4, -0.2) is 10.2 Å². The molecule has 0 spiro atoms. The number of unbranched alkanes of at least 4 members (excludes halogenated alkanes) is 1. The van der Waals surface area contributed by atoms with E-state index in [1.165, 1.54) is 17.3 Å². The summed E-state index contributed by atoms with van der Waals surface area (Å²) in [4.78, 5) is 14.9. The van der Waals surface area contributed by atoms with Gasteiger partial charge in [0, 0.05) is 15.6 Å². The fraction of sp³-hybridized carbons (Fsp3) is 0.200. The summed E-state index contributed by atoms with van der Waals surface area (Å²) in [7, 11) is 0. The Hall–Kier alpha value is -1.33. The van der Waals surface area contributed by atoms with E-state index >= 15 is 0 Å². The highest BCUT2D eigenvalue weighted by molar-refractivity contribution is 8.27. The Labute approximate surface area is 173 Å². The molecule has 0 aromatic heterocycles. The molecule has 0 atom stereocenters. The fourth-order valence-corrected chi connectivity index (χ4v) is 4.45. The first-order valence-electron chi connectivity index (χ1n) is 8.32. The number of carbonyl (C=O) groups is 1. The molecule has 1 fully saturated rings. The number of amides is 1. The minimum atomic E-state index is -0.155. The first-order valence-corrected chi connectivity index (χ1v) is 10.3. The second kappa shape index (κ2) is 8.57. The van der Waals surface area contributed by atoms with Crippen LogP contribution in [0.25, 0.3) is 6.08 Å². The summed E-state index contributed by atoms with van der Waals surface area (Å²) >= 11 is 19.1. The maximum atomic E-state index is 12.9. The van der Waals surface area contributed by atoms with Gasteiger partial charge in [-0.25, -0.2) is 0 Å². The standard InChI is InChI=1S/C20H17Cl2NOS2/c1-2-3-5-13-8-10-14(11-9-13)23-19(24)18(26-20(23)25)12-15-16(21)6-4-7-17(15)22/h4,6-12H,2-3,5H2,1H3. The number of benzene rings is 2. The van der Waals surface area contributed by atoms with E-state index in [2.05, 4.69) is 19.1 Å². The van der Waals surface area contributed by atoms with Crippen LogP contribution in [0.15, 0.2) is 47.4 Å². The summed E-state index contributed by atoms with van der Waals surface area (Å²) in [6, 6.07) is 13.3. The molecule has 1 heterocycles. The van der Waals surface area contributed by atoms with E-state index in [4.69, 9.17) is 35.4 Å². The highest BCUT2D eigenvalue weighted by Gasteiger charge is 2.33. The third-order valence-electron chi connectivity index (χ3n) is 4.08. The predicted octanol–water partition coefficient (Wildman–Crippen LogP) is 6.74. The van der Waals surface area contributed by atoms with Crippen LogP contribution in [0.5, 0.6) is 0 Å². The van der Waals surface area contributed by atoms with Gasteiger partial charge in [-0.2, -0.15) is 0 Å². The number of anilines is 1. The Morgan fingerprint density at radius 1 is 1.12 bits per heavy atom. The molecule has 26 heavy (non-hydrogen) atoms. The van der Waals surface area contributed by atoms with Crippen molar-refractivity contribution in [1.29, 1.82) is 0 Å². The Balaban J connectivity index is 1.86. The van der Waals surface area contributed by atoms with Gasteiger partial charge in [-0.1, -0.05) is 78.7 Å². The first kappa shape index (κ1) is 19.4. The van der Waals surface area contributed by atoms with Gasteiger partial charge in [-0.15, -0.1) is 0 Å². The van der Waals surface area contributed by atoms with E-state index in [1.807, 2.05) is 12.1 Å². The van der Waals surface area contributed by atoms with Crippen molar-refractivity contribution < 1.29 is 4.79 Å². The number of thiocarbonyl (C=S) groups is 1. The van der Waals surface area contributed by atoms with Crippen molar-refractivity contribution in [1.82, 2.24) is 0 Å². The summed E-state index contributed by atoms with van der Waals surface area (Å²) in [5.74, 6) is -0.155. The molecule has 0 radical (unpaired) electrons. The summed E-state index contributed by atoms with van der Waals surface area (Å²) < 4.78 is 0.505. The predicted molar refractivity (Wildman–Crippen MR) is 117 cm³/mol. The van der Waals surface area contributed by atoms with Crippen LogP contribution < -0.4 is 4.90 Å². The van der Waals surface area contributed by atoms with Gasteiger partial charge in [0.1, 0.15) is 0 Å². The molecule has 2 nitrogen and oxygen atoms in total. The largest absolute Gasteiger partial charge is 0.270 e. The van der Waals surface area contributed by atoms with Gasteiger partial charge >= 0.3 is 0 Å². The quantitative estimate of drug-likeness (QED) is 0.393. The van der Waals surface area contributed by atoms with Crippen molar-refractivity contribution in [2.45, 2.75) is 26.2 Å². The second-order valence-corrected chi connectivity index (χ2v) is 8.41. The molecule has 0 bridgehead atoms. The summed E-state index contributed by atoms with van der Waals surface area (Å²) in [6.45, 7) is 2.17. The number of nitrogens with zero attached hydrogens (tertiary/aromatic N) is 1. The molecular weight excluding hydrogens is 405 g/mol. The van der Waals surface area contributed by atoms with Crippen LogP contribution in [0.3, 0.4) is 0 Å². The minimum Gasteiger partial charge on any atom is -0.268 e. The molecule has 0 unspecified atom stereocenters. The van der Waals surface area contributed by atoms with E-state index in [0.717, 1.165) is 24.9 Å². The zero-order valence-corrected chi connectivity index (χ0v) is 17.3. The van der Waals surface area contributed by atoms with E-state index in [0.29, 0.717) is 24.8 Å². The van der Waals surface area contributed by atoms with E-state index in [1.54, 1.807) is 29.2 Å². The molecule has 0 N–H and O–H groups in total. The van der Waals surface area contributed by atoms with Crippen LogP contribution in [-0.2, 0) is 11.2 Å². The van der Waals surface area contributed by atoms with Crippen LogP contribution >= 0.6 is 47.2 Å². The Bertz CT molecular complexity index is 858. The molecule has 0 saturated carbocycles. The SMILES string of the molecule is CCCCc1ccc(N2C(=O)C(=Cc3c(Cl)cccc3Cl)SC2=S)cc1. The lowest BCUT2D eigenvalue weighted by molar-refractivity contribution is -0.113. The van der Waals surface area contributed by atoms with Crippen molar-refractivity contribution in [3.8, 4) is 0 Å². The maximum absolute atomic E-state index is 12.9. The van der Waals surface area contributed by atoms with Crippen molar-refractivity contribution in [3.63, 3.8) is 0 Å². The Morgan fingerprint density at radius 3 is 2.38 bits per heavy atom. The van der Waals surface area contributed by atoms with Crippen LogP contribution in [0.1, 0.15) is 30.9 Å². The van der Waals surface area contributed by atoms with E-state index < -0.39 is 0 Å². The average Bonchev–Trinajstić information content (AvgIpc) is 2.90. The molecular formula is C20H17Cl2NOS2. The summed E-state index contributed by atoms with van der Waals surface area (Å²) in [5.41, 5.74) is 2.67. The normalized spacial score (nSPS) is 16.0. The highest BCUT2D eigenvalue weighted by Crippen LogP contribution is 2.38. The molecule has 1 aliphatic rings. The number of aryl methyl sites for hydroxylation is 1. The van der Waals surface area contributed by atoms with E-state index in [-0.39, 0.29) is 5.91 Å². The van der Waals surface area contributed by atoms with Gasteiger partial charge < -0.3 is 0 Å². The van der Waals surface area contributed by atoms with Gasteiger partial charge in [0.15, 0.2) is 4.32 Å². The molecule has 1 amide bonds. The van der Waals surface area contributed by atoms with Gasteiger partial charge in [0.05, 0.1) is 10.6 Å². The van der Waals surface area contributed by atoms with Crippen molar-refractivity contribution >= 4 is 69.2 Å². The zero-order chi connectivity index (χ0) is 18.7. The number of carbonyl (C=O) groups excluding carboxylic acids is 1. The first-order chi connectivity index (χ1) is 12.5. The van der Waals surface area contributed by atoms with Crippen LogP contribution in [0.4, 0.5) is 5.69 Å². The number of rotatable bonds is 5. The third kappa shape index (κ3) is 4.15. The van der Waals surface area contributed by atoms with Gasteiger partial charge in [-0.3, -0.25) is 9.69 Å². The van der Waals surface area contributed by atoms with Crippen LogP contribution in [0, 0.1) is 0 Å². The number of hydrogen-bond acceptors (Lipinski definition) is 3. The summed E-state index contributed by atoms with van der Waals surface area (Å²) in [6.07, 6.45) is 5.06. The lowest BCUT2D eigenvalue weighted by atomic mass is 10.1. The molecule has 1 aliphatic heterocycles. The lowest BCUT2D eigenvalue weighted by Crippen LogP contribution is -2.27. The molecule has 2 aromatic carbocycles. The third-order valence-corrected chi connectivity index (χ3v) is 6.04. The van der Waals surface area contributed by atoms with E-state index in [9.17, 15) is 4.79 Å². The Morgan fingerprint density at radius 2 is 1.77 bits per heavy atom. The smallest absolute Gasteiger partial charge is 0.268 e. The summed E-state index contributed by atoms with van der Waals surface area (Å²) in [5, 5.41) is 1.01. The van der Waals surface area contributed by atoms with Gasteiger partial charge in [0.2, 0.25) is 0 Å². The molecule has 3 rings (SSSR count). The molecule has 2 aromatic rings. The molecule has 0 aliphatic carbocycles. The molecule has 134 valence electrons. The van der Waals surface area contributed by atoms with Crippen molar-refractivity contribution in [3.05, 3.63) is 68.5 Å². The van der Waals surface area contributed by atoms with Crippen LogP contribution in [0.2, 0.25) is 10.0 Å². The lowest BCUT2D eigenvalue weighted by Gasteiger charge is -2.15. The Kier molecular flexibility index (Phi) is 6.41. The number of hydrogen-bond donors (Lipinski definition) is 0. The van der Waals surface area contributed by atoms with Gasteiger partial charge in [-0.05, 0) is 48.7 Å². The highest BCUT2D eigenvalue weighted by atomic mass is 35.5. The molecule has 6 heteroatoms. The number of halogens is 2. The van der Waals surface area contributed by atoms with Crippen molar-refractivity contribution in [2.24, 2.45) is 0 Å². The number of thioether (sulfide) groups is 1. The maximum Gasteiger partial charge on any atom is 0.270 e.